The van der Waals surface area contributed by atoms with Crippen LogP contribution in [0.4, 0.5) is 0 Å². The normalized spacial score (nSPS) is 11.8. The van der Waals surface area contributed by atoms with Crippen LogP contribution in [0.25, 0.3) is 11.0 Å². The highest BCUT2D eigenvalue weighted by Gasteiger charge is 2.13. The standard InChI is InChI=1S/C21H36N4OS/c1-6-23(7-2)13-14-25-20-12-11-18(26-10-5)17-19(20)22-21(25)27-16-15-24(8-3)9-4/h11-12,17H,6-10,13-16H2,1-5H3. The molecule has 152 valence electrons. The monoisotopic (exact) mass is 392 g/mol. The van der Waals surface area contributed by atoms with E-state index in [2.05, 4.69) is 60.3 Å². The number of imidazole rings is 1. The fourth-order valence-electron chi connectivity index (χ4n) is 3.26. The molecule has 0 radical (unpaired) electrons. The van der Waals surface area contributed by atoms with Gasteiger partial charge < -0.3 is 19.1 Å². The van der Waals surface area contributed by atoms with Crippen molar-refractivity contribution in [2.45, 2.75) is 46.3 Å². The molecule has 0 bridgehead atoms. The number of thioether (sulfide) groups is 1. The highest BCUT2D eigenvalue weighted by molar-refractivity contribution is 7.99. The topological polar surface area (TPSA) is 33.5 Å². The van der Waals surface area contributed by atoms with E-state index in [9.17, 15) is 0 Å². The zero-order chi connectivity index (χ0) is 19.6. The van der Waals surface area contributed by atoms with Crippen LogP contribution in [0.2, 0.25) is 0 Å². The lowest BCUT2D eigenvalue weighted by atomic mass is 10.3. The summed E-state index contributed by atoms with van der Waals surface area (Å²) in [5.74, 6) is 1.97. The van der Waals surface area contributed by atoms with E-state index >= 15 is 0 Å². The third kappa shape index (κ3) is 6.13. The average molecular weight is 393 g/mol. The van der Waals surface area contributed by atoms with Crippen LogP contribution >= 0.6 is 11.8 Å². The van der Waals surface area contributed by atoms with E-state index in [0.717, 1.165) is 68.0 Å². The molecule has 1 heterocycles. The molecule has 2 rings (SSSR count). The Morgan fingerprint density at radius 2 is 1.63 bits per heavy atom. The largest absolute Gasteiger partial charge is 0.494 e. The van der Waals surface area contributed by atoms with Gasteiger partial charge in [-0.2, -0.15) is 0 Å². The van der Waals surface area contributed by atoms with Crippen molar-refractivity contribution in [2.75, 3.05) is 51.6 Å². The van der Waals surface area contributed by atoms with Crippen molar-refractivity contribution in [3.63, 3.8) is 0 Å². The third-order valence-electron chi connectivity index (χ3n) is 5.06. The van der Waals surface area contributed by atoms with Crippen molar-refractivity contribution in [2.24, 2.45) is 0 Å². The molecule has 0 atom stereocenters. The van der Waals surface area contributed by atoms with Crippen molar-refractivity contribution in [3.8, 4) is 5.75 Å². The molecule has 0 spiro atoms. The van der Waals surface area contributed by atoms with Crippen molar-refractivity contribution < 1.29 is 4.74 Å². The van der Waals surface area contributed by atoms with Crippen molar-refractivity contribution >= 4 is 22.8 Å². The van der Waals surface area contributed by atoms with Crippen LogP contribution in [0.1, 0.15) is 34.6 Å². The average Bonchev–Trinajstić information content (AvgIpc) is 3.03. The van der Waals surface area contributed by atoms with Gasteiger partial charge in [0.25, 0.3) is 0 Å². The van der Waals surface area contributed by atoms with Crippen LogP contribution in [-0.4, -0.2) is 71.0 Å². The Kier molecular flexibility index (Phi) is 9.45. The fourth-order valence-corrected chi connectivity index (χ4v) is 4.30. The first-order valence-corrected chi connectivity index (χ1v) is 11.4. The number of nitrogens with zero attached hydrogens (tertiary/aromatic N) is 4. The second-order valence-electron chi connectivity index (χ2n) is 6.53. The molecule has 0 aliphatic heterocycles. The number of fused-ring (bicyclic) bond motifs is 1. The first kappa shape index (κ1) is 22.1. The van der Waals surface area contributed by atoms with Gasteiger partial charge in [0.05, 0.1) is 17.6 Å². The lowest BCUT2D eigenvalue weighted by molar-refractivity contribution is 0.288. The molecule has 2 aromatic rings. The van der Waals surface area contributed by atoms with Crippen LogP contribution < -0.4 is 4.74 Å². The molecular weight excluding hydrogens is 356 g/mol. The smallest absolute Gasteiger partial charge is 0.169 e. The summed E-state index contributed by atoms with van der Waals surface area (Å²) in [6.45, 7) is 19.1. The van der Waals surface area contributed by atoms with Gasteiger partial charge >= 0.3 is 0 Å². The molecule has 0 saturated carbocycles. The first-order chi connectivity index (χ1) is 13.2. The van der Waals surface area contributed by atoms with Crippen LogP contribution in [0.5, 0.6) is 5.75 Å². The van der Waals surface area contributed by atoms with E-state index in [4.69, 9.17) is 9.72 Å². The summed E-state index contributed by atoms with van der Waals surface area (Å²) in [5.41, 5.74) is 2.24. The molecule has 1 aromatic heterocycles. The number of likely N-dealkylation sites (N-methyl/N-ethyl adjacent to an activating group) is 1. The maximum Gasteiger partial charge on any atom is 0.169 e. The molecule has 1 aromatic carbocycles. The van der Waals surface area contributed by atoms with Gasteiger partial charge in [-0.1, -0.05) is 39.5 Å². The second-order valence-corrected chi connectivity index (χ2v) is 7.59. The molecule has 6 heteroatoms. The molecule has 0 aliphatic carbocycles. The summed E-state index contributed by atoms with van der Waals surface area (Å²) in [7, 11) is 0. The van der Waals surface area contributed by atoms with E-state index in [0.29, 0.717) is 6.61 Å². The number of hydrogen-bond donors (Lipinski definition) is 0. The summed E-state index contributed by atoms with van der Waals surface area (Å²) in [4.78, 5) is 9.87. The maximum absolute atomic E-state index is 5.67. The summed E-state index contributed by atoms with van der Waals surface area (Å²) in [6.07, 6.45) is 0. The fraction of sp³-hybridized carbons (Fsp3) is 0.667. The maximum atomic E-state index is 5.67. The van der Waals surface area contributed by atoms with Gasteiger partial charge in [-0.25, -0.2) is 4.98 Å². The van der Waals surface area contributed by atoms with Gasteiger partial charge in [0.15, 0.2) is 5.16 Å². The van der Waals surface area contributed by atoms with Crippen molar-refractivity contribution in [3.05, 3.63) is 18.2 Å². The summed E-state index contributed by atoms with van der Waals surface area (Å²) in [5, 5.41) is 1.12. The highest BCUT2D eigenvalue weighted by Crippen LogP contribution is 2.27. The zero-order valence-electron chi connectivity index (χ0n) is 17.7. The Hall–Kier alpha value is -1.24. The van der Waals surface area contributed by atoms with E-state index < -0.39 is 0 Å². The minimum atomic E-state index is 0.680. The number of rotatable bonds is 13. The molecule has 0 unspecified atom stereocenters. The highest BCUT2D eigenvalue weighted by atomic mass is 32.2. The second kappa shape index (κ2) is 11.6. The minimum absolute atomic E-state index is 0.680. The van der Waals surface area contributed by atoms with Gasteiger partial charge in [0.1, 0.15) is 5.75 Å². The van der Waals surface area contributed by atoms with E-state index in [-0.39, 0.29) is 0 Å². The van der Waals surface area contributed by atoms with E-state index in [1.165, 1.54) is 5.52 Å². The Morgan fingerprint density at radius 3 is 2.26 bits per heavy atom. The quantitative estimate of drug-likeness (QED) is 0.477. The van der Waals surface area contributed by atoms with Crippen molar-refractivity contribution in [1.82, 2.24) is 19.4 Å². The summed E-state index contributed by atoms with van der Waals surface area (Å²) in [6, 6.07) is 6.29. The minimum Gasteiger partial charge on any atom is -0.494 e. The number of ether oxygens (including phenoxy) is 1. The third-order valence-corrected chi connectivity index (χ3v) is 6.02. The Bertz CT molecular complexity index is 680. The summed E-state index contributed by atoms with van der Waals surface area (Å²) >= 11 is 1.87. The van der Waals surface area contributed by atoms with Gasteiger partial charge in [-0.05, 0) is 45.2 Å². The van der Waals surface area contributed by atoms with Gasteiger partial charge in [-0.3, -0.25) is 0 Å². The number of hydrogen-bond acceptors (Lipinski definition) is 5. The Labute approximate surface area is 169 Å². The Balaban J connectivity index is 2.21. The molecule has 0 amide bonds. The lowest BCUT2D eigenvalue weighted by Gasteiger charge is -2.20. The van der Waals surface area contributed by atoms with Gasteiger partial charge in [0, 0.05) is 31.5 Å². The molecule has 0 saturated heterocycles. The van der Waals surface area contributed by atoms with Crippen molar-refractivity contribution in [1.29, 1.82) is 0 Å². The lowest BCUT2D eigenvalue weighted by Crippen LogP contribution is -2.27. The molecule has 0 N–H and O–H groups in total. The number of benzene rings is 1. The summed E-state index contributed by atoms with van der Waals surface area (Å²) < 4.78 is 8.05. The van der Waals surface area contributed by atoms with Gasteiger partial charge in [-0.15, -0.1) is 0 Å². The predicted octanol–water partition coefficient (Wildman–Crippen LogP) is 4.21. The van der Waals surface area contributed by atoms with Crippen LogP contribution in [0, 0.1) is 0 Å². The van der Waals surface area contributed by atoms with Gasteiger partial charge in [0.2, 0.25) is 0 Å². The SMILES string of the molecule is CCOc1ccc2c(c1)nc(SCCN(CC)CC)n2CCN(CC)CC. The molecule has 5 nitrogen and oxygen atoms in total. The molecule has 0 aliphatic rings. The van der Waals surface area contributed by atoms with Crippen LogP contribution in [0.3, 0.4) is 0 Å². The van der Waals surface area contributed by atoms with E-state index in [1.54, 1.807) is 0 Å². The van der Waals surface area contributed by atoms with E-state index in [1.807, 2.05) is 18.7 Å². The zero-order valence-corrected chi connectivity index (χ0v) is 18.5. The Morgan fingerprint density at radius 1 is 0.963 bits per heavy atom. The molecule has 27 heavy (non-hydrogen) atoms. The molecular formula is C21H36N4OS. The van der Waals surface area contributed by atoms with Crippen LogP contribution in [-0.2, 0) is 6.54 Å². The predicted molar refractivity (Wildman–Crippen MR) is 117 cm³/mol. The first-order valence-electron chi connectivity index (χ1n) is 10.4. The van der Waals surface area contributed by atoms with Crippen LogP contribution in [0.15, 0.2) is 23.4 Å². The number of aromatic nitrogens is 2. The molecule has 0 fully saturated rings.